The first-order chi connectivity index (χ1) is 11.6. The molecule has 0 heterocycles. The Morgan fingerprint density at radius 3 is 2.46 bits per heavy atom. The summed E-state index contributed by atoms with van der Waals surface area (Å²) < 4.78 is 17.7. The van der Waals surface area contributed by atoms with Crippen molar-refractivity contribution in [3.8, 4) is 0 Å². The average molecular weight is 330 g/mol. The lowest BCUT2D eigenvalue weighted by atomic mass is 10.1. The van der Waals surface area contributed by atoms with Crippen molar-refractivity contribution in [3.63, 3.8) is 0 Å². The molecule has 24 heavy (non-hydrogen) atoms. The number of rotatable bonds is 6. The van der Waals surface area contributed by atoms with Crippen LogP contribution in [0.15, 0.2) is 48.5 Å². The fraction of sp³-hybridized carbons (Fsp3) is 0.222. The van der Waals surface area contributed by atoms with E-state index in [-0.39, 0.29) is 11.8 Å². The molecule has 0 aromatic heterocycles. The second-order valence-electron chi connectivity index (χ2n) is 5.18. The SMILES string of the molecule is COC(=O)c1ccc(CNC(=O)NCCc2cccc(F)c2)cc1. The summed E-state index contributed by atoms with van der Waals surface area (Å²) in [7, 11) is 1.33. The summed E-state index contributed by atoms with van der Waals surface area (Å²) in [5.74, 6) is -0.683. The minimum absolute atomic E-state index is 0.285. The Kier molecular flexibility index (Phi) is 6.31. The van der Waals surface area contributed by atoms with Crippen LogP contribution >= 0.6 is 0 Å². The largest absolute Gasteiger partial charge is 0.465 e. The van der Waals surface area contributed by atoms with E-state index in [2.05, 4.69) is 15.4 Å². The van der Waals surface area contributed by atoms with Crippen LogP contribution in [0.3, 0.4) is 0 Å². The number of halogens is 1. The van der Waals surface area contributed by atoms with Crippen molar-refractivity contribution in [3.05, 3.63) is 71.0 Å². The van der Waals surface area contributed by atoms with E-state index in [9.17, 15) is 14.0 Å². The van der Waals surface area contributed by atoms with Crippen LogP contribution < -0.4 is 10.6 Å². The molecule has 0 spiro atoms. The third-order valence-electron chi connectivity index (χ3n) is 3.42. The van der Waals surface area contributed by atoms with E-state index in [0.29, 0.717) is 25.1 Å². The summed E-state index contributed by atoms with van der Waals surface area (Å²) in [4.78, 5) is 23.0. The number of ether oxygens (including phenoxy) is 1. The maximum atomic E-state index is 13.0. The lowest BCUT2D eigenvalue weighted by Crippen LogP contribution is -2.36. The maximum Gasteiger partial charge on any atom is 0.337 e. The van der Waals surface area contributed by atoms with Crippen molar-refractivity contribution < 1.29 is 18.7 Å². The normalized spacial score (nSPS) is 10.1. The van der Waals surface area contributed by atoms with Crippen molar-refractivity contribution in [2.75, 3.05) is 13.7 Å². The molecular formula is C18H19FN2O3. The van der Waals surface area contributed by atoms with Crippen molar-refractivity contribution in [2.24, 2.45) is 0 Å². The number of benzene rings is 2. The number of amides is 2. The number of esters is 1. The highest BCUT2D eigenvalue weighted by molar-refractivity contribution is 5.89. The van der Waals surface area contributed by atoms with E-state index in [0.717, 1.165) is 11.1 Å². The summed E-state index contributed by atoms with van der Waals surface area (Å²) in [6, 6.07) is 12.8. The molecule has 2 rings (SSSR count). The van der Waals surface area contributed by atoms with Crippen LogP contribution in [0.2, 0.25) is 0 Å². The molecule has 126 valence electrons. The first kappa shape index (κ1) is 17.5. The molecular weight excluding hydrogens is 311 g/mol. The molecule has 0 saturated carbocycles. The lowest BCUT2D eigenvalue weighted by molar-refractivity contribution is 0.0600. The van der Waals surface area contributed by atoms with E-state index in [1.54, 1.807) is 30.3 Å². The summed E-state index contributed by atoms with van der Waals surface area (Å²) in [6.45, 7) is 0.754. The number of carbonyl (C=O) groups is 2. The zero-order valence-electron chi connectivity index (χ0n) is 13.3. The van der Waals surface area contributed by atoms with Gasteiger partial charge in [-0.1, -0.05) is 24.3 Å². The molecule has 5 nitrogen and oxygen atoms in total. The van der Waals surface area contributed by atoms with E-state index in [1.165, 1.54) is 19.2 Å². The second-order valence-corrected chi connectivity index (χ2v) is 5.18. The Morgan fingerprint density at radius 2 is 1.79 bits per heavy atom. The number of hydrogen-bond donors (Lipinski definition) is 2. The third kappa shape index (κ3) is 5.39. The fourth-order valence-corrected chi connectivity index (χ4v) is 2.13. The topological polar surface area (TPSA) is 67.4 Å². The number of methoxy groups -OCH3 is 1. The Morgan fingerprint density at radius 1 is 1.04 bits per heavy atom. The molecule has 0 aliphatic heterocycles. The Balaban J connectivity index is 1.72. The highest BCUT2D eigenvalue weighted by Gasteiger charge is 2.05. The first-order valence-electron chi connectivity index (χ1n) is 7.52. The molecule has 0 aliphatic carbocycles. The molecule has 0 aliphatic rings. The van der Waals surface area contributed by atoms with Gasteiger partial charge in [-0.2, -0.15) is 0 Å². The monoisotopic (exact) mass is 330 g/mol. The first-order valence-corrected chi connectivity index (χ1v) is 7.52. The van der Waals surface area contributed by atoms with Gasteiger partial charge in [0.25, 0.3) is 0 Å². The quantitative estimate of drug-likeness (QED) is 0.800. The van der Waals surface area contributed by atoms with Crippen LogP contribution in [0.1, 0.15) is 21.5 Å². The lowest BCUT2D eigenvalue weighted by Gasteiger charge is -2.08. The highest BCUT2D eigenvalue weighted by Crippen LogP contribution is 2.06. The molecule has 2 N–H and O–H groups in total. The molecule has 2 amide bonds. The molecule has 0 fully saturated rings. The number of hydrogen-bond acceptors (Lipinski definition) is 3. The molecule has 0 unspecified atom stereocenters. The van der Waals surface area contributed by atoms with Crippen molar-refractivity contribution in [2.45, 2.75) is 13.0 Å². The predicted molar refractivity (Wildman–Crippen MR) is 88.1 cm³/mol. The number of urea groups is 1. The molecule has 0 saturated heterocycles. The van der Waals surface area contributed by atoms with E-state index >= 15 is 0 Å². The van der Waals surface area contributed by atoms with Gasteiger partial charge in [-0.25, -0.2) is 14.0 Å². The van der Waals surface area contributed by atoms with E-state index in [4.69, 9.17) is 0 Å². The van der Waals surface area contributed by atoms with Crippen molar-refractivity contribution in [1.82, 2.24) is 10.6 Å². The Labute approximate surface area is 139 Å². The van der Waals surface area contributed by atoms with Gasteiger partial charge in [0.2, 0.25) is 0 Å². The van der Waals surface area contributed by atoms with Gasteiger partial charge in [-0.15, -0.1) is 0 Å². The standard InChI is InChI=1S/C18H19FN2O3/c1-24-17(22)15-7-5-14(6-8-15)12-21-18(23)20-10-9-13-3-2-4-16(19)11-13/h2-8,11H,9-10,12H2,1H3,(H2,20,21,23). The smallest absolute Gasteiger partial charge is 0.337 e. The minimum Gasteiger partial charge on any atom is -0.465 e. The van der Waals surface area contributed by atoms with Gasteiger partial charge in [0.05, 0.1) is 12.7 Å². The van der Waals surface area contributed by atoms with Crippen molar-refractivity contribution in [1.29, 1.82) is 0 Å². The van der Waals surface area contributed by atoms with Gasteiger partial charge in [0.1, 0.15) is 5.82 Å². The maximum absolute atomic E-state index is 13.0. The van der Waals surface area contributed by atoms with Crippen LogP contribution in [-0.2, 0) is 17.7 Å². The third-order valence-corrected chi connectivity index (χ3v) is 3.42. The zero-order valence-corrected chi connectivity index (χ0v) is 13.3. The zero-order chi connectivity index (χ0) is 17.4. The fourth-order valence-electron chi connectivity index (χ4n) is 2.13. The Hall–Kier alpha value is -2.89. The predicted octanol–water partition coefficient (Wildman–Crippen LogP) is 2.65. The van der Waals surface area contributed by atoms with Gasteiger partial charge >= 0.3 is 12.0 Å². The van der Waals surface area contributed by atoms with Crippen LogP contribution in [-0.4, -0.2) is 25.7 Å². The highest BCUT2D eigenvalue weighted by atomic mass is 19.1. The molecule has 0 radical (unpaired) electrons. The van der Waals surface area contributed by atoms with Crippen molar-refractivity contribution >= 4 is 12.0 Å². The minimum atomic E-state index is -0.399. The second kappa shape index (κ2) is 8.67. The average Bonchev–Trinajstić information content (AvgIpc) is 2.60. The van der Waals surface area contributed by atoms with Gasteiger partial charge < -0.3 is 15.4 Å². The molecule has 0 bridgehead atoms. The summed E-state index contributed by atoms with van der Waals surface area (Å²) in [6.07, 6.45) is 0.555. The van der Waals surface area contributed by atoms with Gasteiger partial charge in [-0.3, -0.25) is 0 Å². The summed E-state index contributed by atoms with van der Waals surface area (Å²) in [5.41, 5.74) is 2.15. The van der Waals surface area contributed by atoms with Gasteiger partial charge in [-0.05, 0) is 41.8 Å². The molecule has 2 aromatic rings. The van der Waals surface area contributed by atoms with E-state index < -0.39 is 5.97 Å². The number of nitrogens with one attached hydrogen (secondary N) is 2. The van der Waals surface area contributed by atoms with Crippen LogP contribution in [0.4, 0.5) is 9.18 Å². The number of carbonyl (C=O) groups excluding carboxylic acids is 2. The summed E-state index contributed by atoms with van der Waals surface area (Å²) in [5, 5.41) is 5.43. The van der Waals surface area contributed by atoms with Crippen LogP contribution in [0, 0.1) is 5.82 Å². The molecule has 6 heteroatoms. The van der Waals surface area contributed by atoms with Gasteiger partial charge in [0.15, 0.2) is 0 Å². The van der Waals surface area contributed by atoms with Crippen LogP contribution in [0.5, 0.6) is 0 Å². The van der Waals surface area contributed by atoms with E-state index in [1.807, 2.05) is 6.07 Å². The molecule has 2 aromatic carbocycles. The summed E-state index contributed by atoms with van der Waals surface area (Å²) >= 11 is 0. The van der Waals surface area contributed by atoms with Crippen LogP contribution in [0.25, 0.3) is 0 Å². The van der Waals surface area contributed by atoms with Gasteiger partial charge in [0, 0.05) is 13.1 Å². The molecule has 0 atom stereocenters. The Bertz CT molecular complexity index is 702.